The Kier molecular flexibility index (Phi) is 5.57. The third-order valence-corrected chi connectivity index (χ3v) is 5.75. The summed E-state index contributed by atoms with van der Waals surface area (Å²) >= 11 is 0. The molecule has 1 saturated heterocycles. The van der Waals surface area contributed by atoms with E-state index in [1.54, 1.807) is 24.3 Å². The van der Waals surface area contributed by atoms with Crippen LogP contribution in [0.4, 0.5) is 11.5 Å². The van der Waals surface area contributed by atoms with Crippen molar-refractivity contribution in [2.75, 3.05) is 22.7 Å². The van der Waals surface area contributed by atoms with Crippen LogP contribution in [-0.4, -0.2) is 31.7 Å². The van der Waals surface area contributed by atoms with Crippen LogP contribution in [0.5, 0.6) is 0 Å². The van der Waals surface area contributed by atoms with Crippen molar-refractivity contribution in [1.29, 1.82) is 0 Å². The van der Waals surface area contributed by atoms with Gasteiger partial charge in [-0.2, -0.15) is 0 Å². The normalized spacial score (nSPS) is 14.4. The number of aromatic nitrogens is 2. The second kappa shape index (κ2) is 8.45. The van der Waals surface area contributed by atoms with Crippen molar-refractivity contribution in [2.24, 2.45) is 0 Å². The van der Waals surface area contributed by atoms with Crippen LogP contribution >= 0.6 is 0 Å². The molecule has 1 aliphatic rings. The number of rotatable bonds is 6. The molecule has 0 amide bonds. The molecule has 1 N–H and O–H groups in total. The van der Waals surface area contributed by atoms with Crippen molar-refractivity contribution >= 4 is 27.6 Å². The monoisotopic (exact) mass is 406 g/mol. The van der Waals surface area contributed by atoms with E-state index in [9.17, 15) is 8.42 Å². The maximum absolute atomic E-state index is 12.4. The molecule has 0 unspecified atom stereocenters. The summed E-state index contributed by atoms with van der Waals surface area (Å²) in [5, 5.41) is 9.82. The molecule has 0 atom stereocenters. The number of anilines is 2. The van der Waals surface area contributed by atoms with Gasteiger partial charge < -0.3 is 4.90 Å². The van der Waals surface area contributed by atoms with Gasteiger partial charge in [-0.05, 0) is 48.7 Å². The van der Waals surface area contributed by atoms with Gasteiger partial charge in [0.15, 0.2) is 5.82 Å². The van der Waals surface area contributed by atoms with Crippen LogP contribution < -0.4 is 9.62 Å². The quantitative estimate of drug-likeness (QED) is 0.665. The van der Waals surface area contributed by atoms with Gasteiger partial charge in [-0.3, -0.25) is 4.72 Å². The predicted molar refractivity (Wildman–Crippen MR) is 117 cm³/mol. The van der Waals surface area contributed by atoms with E-state index in [4.69, 9.17) is 0 Å². The van der Waals surface area contributed by atoms with Crippen molar-refractivity contribution in [3.8, 4) is 11.3 Å². The Morgan fingerprint density at radius 3 is 2.41 bits per heavy atom. The highest BCUT2D eigenvalue weighted by Gasteiger charge is 2.14. The van der Waals surface area contributed by atoms with Crippen LogP contribution in [0.25, 0.3) is 17.3 Å². The standard InChI is InChI=1S/C22H22N4O2S/c27-29(28,16-13-18-7-2-1-3-8-18)25-20-10-6-9-19(17-20)21-11-12-22(24-23-21)26-14-4-5-15-26/h1-3,6-13,16-17,25H,4-5,14-15H2/b16-13+. The Bertz CT molecular complexity index is 1090. The fraction of sp³-hybridized carbons (Fsp3) is 0.182. The molecule has 0 spiro atoms. The zero-order valence-corrected chi connectivity index (χ0v) is 16.7. The molecule has 2 heterocycles. The molecule has 1 aromatic heterocycles. The van der Waals surface area contributed by atoms with Gasteiger partial charge in [-0.1, -0.05) is 42.5 Å². The summed E-state index contributed by atoms with van der Waals surface area (Å²) in [5.41, 5.74) is 2.80. The van der Waals surface area contributed by atoms with E-state index in [0.29, 0.717) is 11.4 Å². The first kappa shape index (κ1) is 19.1. The van der Waals surface area contributed by atoms with E-state index in [0.717, 1.165) is 30.0 Å². The second-order valence-corrected chi connectivity index (χ2v) is 8.48. The van der Waals surface area contributed by atoms with Crippen LogP contribution in [0.15, 0.2) is 72.1 Å². The molecule has 2 aromatic carbocycles. The number of benzene rings is 2. The largest absolute Gasteiger partial charge is 0.355 e. The molecule has 148 valence electrons. The molecule has 0 aliphatic carbocycles. The van der Waals surface area contributed by atoms with Crippen LogP contribution in [0.2, 0.25) is 0 Å². The lowest BCUT2D eigenvalue weighted by atomic mass is 10.1. The second-order valence-electron chi connectivity index (χ2n) is 6.91. The third-order valence-electron chi connectivity index (χ3n) is 4.74. The lowest BCUT2D eigenvalue weighted by Gasteiger charge is -2.15. The minimum Gasteiger partial charge on any atom is -0.355 e. The maximum Gasteiger partial charge on any atom is 0.255 e. The molecular formula is C22H22N4O2S. The van der Waals surface area contributed by atoms with Crippen LogP contribution in [-0.2, 0) is 10.0 Å². The highest BCUT2D eigenvalue weighted by molar-refractivity contribution is 7.95. The topological polar surface area (TPSA) is 75.2 Å². The number of nitrogens with zero attached hydrogens (tertiary/aromatic N) is 3. The van der Waals surface area contributed by atoms with Gasteiger partial charge in [0, 0.05) is 24.3 Å². The summed E-state index contributed by atoms with van der Waals surface area (Å²) in [6.07, 6.45) is 3.93. The zero-order chi connectivity index (χ0) is 20.1. The lowest BCUT2D eigenvalue weighted by molar-refractivity contribution is 0.609. The number of hydrogen-bond donors (Lipinski definition) is 1. The van der Waals surface area contributed by atoms with Gasteiger partial charge in [0.2, 0.25) is 0 Å². The van der Waals surface area contributed by atoms with Gasteiger partial charge in [0.25, 0.3) is 10.0 Å². The van der Waals surface area contributed by atoms with E-state index >= 15 is 0 Å². The SMILES string of the molecule is O=S(=O)(/C=C/c1ccccc1)Nc1cccc(-c2ccc(N3CCCC3)nn2)c1. The molecular weight excluding hydrogens is 384 g/mol. The molecule has 0 bridgehead atoms. The maximum atomic E-state index is 12.4. The van der Waals surface area contributed by atoms with E-state index in [1.165, 1.54) is 18.2 Å². The molecule has 7 heteroatoms. The Morgan fingerprint density at radius 2 is 1.69 bits per heavy atom. The molecule has 3 aromatic rings. The third kappa shape index (κ3) is 5.00. The van der Waals surface area contributed by atoms with Crippen molar-refractivity contribution in [3.05, 3.63) is 77.7 Å². The number of nitrogens with one attached hydrogen (secondary N) is 1. The van der Waals surface area contributed by atoms with Gasteiger partial charge in [0.05, 0.1) is 11.1 Å². The fourth-order valence-electron chi connectivity index (χ4n) is 3.27. The van der Waals surface area contributed by atoms with E-state index in [-0.39, 0.29) is 0 Å². The van der Waals surface area contributed by atoms with E-state index < -0.39 is 10.0 Å². The van der Waals surface area contributed by atoms with Crippen LogP contribution in [0.3, 0.4) is 0 Å². The van der Waals surface area contributed by atoms with E-state index in [2.05, 4.69) is 19.8 Å². The van der Waals surface area contributed by atoms with Crippen molar-refractivity contribution in [2.45, 2.75) is 12.8 Å². The Labute approximate surface area is 171 Å². The first-order chi connectivity index (χ1) is 14.1. The Balaban J connectivity index is 1.49. The summed E-state index contributed by atoms with van der Waals surface area (Å²) in [5.74, 6) is 0.883. The molecule has 0 radical (unpaired) electrons. The molecule has 4 rings (SSSR count). The Morgan fingerprint density at radius 1 is 0.897 bits per heavy atom. The summed E-state index contributed by atoms with van der Waals surface area (Å²) in [7, 11) is -3.62. The molecule has 29 heavy (non-hydrogen) atoms. The molecule has 0 saturated carbocycles. The highest BCUT2D eigenvalue weighted by atomic mass is 32.2. The van der Waals surface area contributed by atoms with Gasteiger partial charge in [0.1, 0.15) is 0 Å². The highest BCUT2D eigenvalue weighted by Crippen LogP contribution is 2.24. The molecule has 1 fully saturated rings. The van der Waals surface area contributed by atoms with Crippen molar-refractivity contribution < 1.29 is 8.42 Å². The van der Waals surface area contributed by atoms with Gasteiger partial charge >= 0.3 is 0 Å². The first-order valence-electron chi connectivity index (χ1n) is 9.54. The number of sulfonamides is 1. The lowest BCUT2D eigenvalue weighted by Crippen LogP contribution is -2.19. The average Bonchev–Trinajstić information content (AvgIpc) is 3.28. The predicted octanol–water partition coefficient (Wildman–Crippen LogP) is 4.16. The smallest absolute Gasteiger partial charge is 0.255 e. The van der Waals surface area contributed by atoms with Crippen LogP contribution in [0, 0.1) is 0 Å². The summed E-state index contributed by atoms with van der Waals surface area (Å²) in [6, 6.07) is 20.3. The first-order valence-corrected chi connectivity index (χ1v) is 11.1. The Hall–Kier alpha value is -3.19. The van der Waals surface area contributed by atoms with Gasteiger partial charge in [-0.15, -0.1) is 10.2 Å². The van der Waals surface area contributed by atoms with Gasteiger partial charge in [-0.25, -0.2) is 8.42 Å². The van der Waals surface area contributed by atoms with Crippen molar-refractivity contribution in [1.82, 2.24) is 10.2 Å². The summed E-state index contributed by atoms with van der Waals surface area (Å²) < 4.78 is 27.3. The minimum absolute atomic E-state index is 0.477. The summed E-state index contributed by atoms with van der Waals surface area (Å²) in [4.78, 5) is 2.22. The average molecular weight is 407 g/mol. The molecule has 1 aliphatic heterocycles. The number of hydrogen-bond acceptors (Lipinski definition) is 5. The van der Waals surface area contributed by atoms with Crippen molar-refractivity contribution in [3.63, 3.8) is 0 Å². The van der Waals surface area contributed by atoms with Crippen LogP contribution in [0.1, 0.15) is 18.4 Å². The zero-order valence-electron chi connectivity index (χ0n) is 15.9. The van der Waals surface area contributed by atoms with E-state index in [1.807, 2.05) is 48.5 Å². The fourth-order valence-corrected chi connectivity index (χ4v) is 4.13. The minimum atomic E-state index is -3.62. The molecule has 6 nitrogen and oxygen atoms in total. The summed E-state index contributed by atoms with van der Waals surface area (Å²) in [6.45, 7) is 2.03.